The van der Waals surface area contributed by atoms with Gasteiger partial charge in [-0.1, -0.05) is 48.5 Å². The van der Waals surface area contributed by atoms with E-state index in [1.54, 1.807) is 0 Å². The summed E-state index contributed by atoms with van der Waals surface area (Å²) in [6, 6.07) is 22.7. The SMILES string of the molecule is O=C(Nc1ccccc1-c1ccccc1)N1CCC(n2cccc2)CC1. The van der Waals surface area contributed by atoms with Crippen LogP contribution in [-0.2, 0) is 0 Å². The van der Waals surface area contributed by atoms with Crippen LogP contribution in [0.5, 0.6) is 0 Å². The third-order valence-corrected chi connectivity index (χ3v) is 5.05. The molecule has 2 amide bonds. The van der Waals surface area contributed by atoms with Crippen molar-refractivity contribution in [1.29, 1.82) is 0 Å². The van der Waals surface area contributed by atoms with Gasteiger partial charge in [-0.05, 0) is 36.6 Å². The molecule has 4 rings (SSSR count). The molecular formula is C22H23N3O. The van der Waals surface area contributed by atoms with E-state index in [4.69, 9.17) is 0 Å². The topological polar surface area (TPSA) is 37.3 Å². The van der Waals surface area contributed by atoms with E-state index in [-0.39, 0.29) is 6.03 Å². The van der Waals surface area contributed by atoms with E-state index in [0.717, 1.165) is 42.7 Å². The molecule has 0 spiro atoms. The Balaban J connectivity index is 1.43. The summed E-state index contributed by atoms with van der Waals surface area (Å²) in [6.45, 7) is 1.56. The lowest BCUT2D eigenvalue weighted by atomic mass is 10.0. The van der Waals surface area contributed by atoms with Crippen molar-refractivity contribution in [2.24, 2.45) is 0 Å². The minimum absolute atomic E-state index is 0.0145. The summed E-state index contributed by atoms with van der Waals surface area (Å²) in [5, 5.41) is 3.11. The number of carbonyl (C=O) groups is 1. The fourth-order valence-corrected chi connectivity index (χ4v) is 3.61. The molecule has 0 atom stereocenters. The van der Waals surface area contributed by atoms with Crippen molar-refractivity contribution in [3.8, 4) is 11.1 Å². The summed E-state index contributed by atoms with van der Waals surface area (Å²) in [7, 11) is 0. The van der Waals surface area contributed by atoms with Gasteiger partial charge in [-0.25, -0.2) is 4.79 Å². The molecule has 2 aromatic carbocycles. The Labute approximate surface area is 154 Å². The number of likely N-dealkylation sites (tertiary alicyclic amines) is 1. The number of para-hydroxylation sites is 1. The highest BCUT2D eigenvalue weighted by molar-refractivity contribution is 5.94. The van der Waals surface area contributed by atoms with Gasteiger partial charge in [0.2, 0.25) is 0 Å². The zero-order chi connectivity index (χ0) is 17.8. The first-order valence-corrected chi connectivity index (χ1v) is 9.14. The van der Waals surface area contributed by atoms with Crippen LogP contribution >= 0.6 is 0 Å². The van der Waals surface area contributed by atoms with Crippen LogP contribution in [0.3, 0.4) is 0 Å². The van der Waals surface area contributed by atoms with Crippen LogP contribution in [0.2, 0.25) is 0 Å². The maximum Gasteiger partial charge on any atom is 0.321 e. The second kappa shape index (κ2) is 7.48. The van der Waals surface area contributed by atoms with E-state index in [1.165, 1.54) is 0 Å². The molecule has 0 radical (unpaired) electrons. The van der Waals surface area contributed by atoms with Gasteiger partial charge in [0.15, 0.2) is 0 Å². The Morgan fingerprint density at radius 3 is 2.23 bits per heavy atom. The molecule has 0 unspecified atom stereocenters. The average Bonchev–Trinajstić information content (AvgIpc) is 3.24. The summed E-state index contributed by atoms with van der Waals surface area (Å²) in [5.74, 6) is 0. The Hall–Kier alpha value is -3.01. The van der Waals surface area contributed by atoms with Crippen LogP contribution in [0.25, 0.3) is 11.1 Å². The maximum atomic E-state index is 12.8. The lowest BCUT2D eigenvalue weighted by Crippen LogP contribution is -2.41. The number of carbonyl (C=O) groups excluding carboxylic acids is 1. The molecule has 4 heteroatoms. The van der Waals surface area contributed by atoms with E-state index < -0.39 is 0 Å². The van der Waals surface area contributed by atoms with Gasteiger partial charge >= 0.3 is 6.03 Å². The monoisotopic (exact) mass is 345 g/mol. The Kier molecular flexibility index (Phi) is 4.73. The third-order valence-electron chi connectivity index (χ3n) is 5.05. The molecule has 0 saturated carbocycles. The predicted octanol–water partition coefficient (Wildman–Crippen LogP) is 5.02. The van der Waals surface area contributed by atoms with Crippen molar-refractivity contribution in [2.75, 3.05) is 18.4 Å². The summed E-state index contributed by atoms with van der Waals surface area (Å²) in [5.41, 5.74) is 3.01. The second-order valence-electron chi connectivity index (χ2n) is 6.69. The normalized spacial score (nSPS) is 15.0. The van der Waals surface area contributed by atoms with Gasteiger partial charge in [0, 0.05) is 37.1 Å². The molecule has 132 valence electrons. The smallest absolute Gasteiger partial charge is 0.321 e. The minimum atomic E-state index is -0.0145. The van der Waals surface area contributed by atoms with E-state index >= 15 is 0 Å². The number of hydrogen-bond donors (Lipinski definition) is 1. The summed E-state index contributed by atoms with van der Waals surface area (Å²) < 4.78 is 2.25. The third kappa shape index (κ3) is 3.49. The van der Waals surface area contributed by atoms with E-state index in [2.05, 4.69) is 46.5 Å². The first-order valence-electron chi connectivity index (χ1n) is 9.14. The van der Waals surface area contributed by atoms with Gasteiger partial charge in [-0.3, -0.25) is 0 Å². The Morgan fingerprint density at radius 2 is 1.50 bits per heavy atom. The van der Waals surface area contributed by atoms with Crippen molar-refractivity contribution in [3.05, 3.63) is 79.1 Å². The average molecular weight is 345 g/mol. The number of amides is 2. The fraction of sp³-hybridized carbons (Fsp3) is 0.227. The number of nitrogens with zero attached hydrogens (tertiary/aromatic N) is 2. The predicted molar refractivity (Wildman–Crippen MR) is 105 cm³/mol. The first kappa shape index (κ1) is 16.5. The zero-order valence-electron chi connectivity index (χ0n) is 14.7. The molecule has 1 aromatic heterocycles. The molecule has 1 aliphatic rings. The number of aromatic nitrogens is 1. The highest BCUT2D eigenvalue weighted by atomic mass is 16.2. The van der Waals surface area contributed by atoms with Gasteiger partial charge in [0.05, 0.1) is 5.69 Å². The number of benzene rings is 2. The van der Waals surface area contributed by atoms with Crippen molar-refractivity contribution in [3.63, 3.8) is 0 Å². The molecule has 2 heterocycles. The van der Waals surface area contributed by atoms with Gasteiger partial charge in [0.25, 0.3) is 0 Å². The van der Waals surface area contributed by atoms with Crippen LogP contribution < -0.4 is 5.32 Å². The van der Waals surface area contributed by atoms with Gasteiger partial charge in [0.1, 0.15) is 0 Å². The molecule has 26 heavy (non-hydrogen) atoms. The summed E-state index contributed by atoms with van der Waals surface area (Å²) >= 11 is 0. The standard InChI is InChI=1S/C22H23N3O/c26-22(25-16-12-19(13-17-25)24-14-6-7-15-24)23-21-11-5-4-10-20(21)18-8-2-1-3-9-18/h1-11,14-15,19H,12-13,16-17H2,(H,23,26). The molecule has 1 aliphatic heterocycles. The Morgan fingerprint density at radius 1 is 0.846 bits per heavy atom. The molecule has 0 aliphatic carbocycles. The van der Waals surface area contributed by atoms with Gasteiger partial charge in [-0.2, -0.15) is 0 Å². The first-order chi connectivity index (χ1) is 12.8. The molecule has 3 aromatic rings. The quantitative estimate of drug-likeness (QED) is 0.711. The Bertz CT molecular complexity index is 850. The van der Waals surface area contributed by atoms with Crippen LogP contribution in [-0.4, -0.2) is 28.6 Å². The summed E-state index contributed by atoms with van der Waals surface area (Å²) in [6.07, 6.45) is 6.19. The molecule has 4 nitrogen and oxygen atoms in total. The number of piperidine rings is 1. The number of hydrogen-bond acceptors (Lipinski definition) is 1. The van der Waals surface area contributed by atoms with E-state index in [0.29, 0.717) is 6.04 Å². The van der Waals surface area contributed by atoms with E-state index in [1.807, 2.05) is 47.4 Å². The molecule has 0 bridgehead atoms. The maximum absolute atomic E-state index is 12.8. The van der Waals surface area contributed by atoms with Crippen LogP contribution in [0.1, 0.15) is 18.9 Å². The highest BCUT2D eigenvalue weighted by Crippen LogP contribution is 2.28. The molecule has 1 saturated heterocycles. The van der Waals surface area contributed by atoms with E-state index in [9.17, 15) is 4.79 Å². The lowest BCUT2D eigenvalue weighted by molar-refractivity contribution is 0.184. The number of nitrogens with one attached hydrogen (secondary N) is 1. The van der Waals surface area contributed by atoms with Crippen molar-refractivity contribution in [2.45, 2.75) is 18.9 Å². The summed E-state index contributed by atoms with van der Waals surface area (Å²) in [4.78, 5) is 14.7. The van der Waals surface area contributed by atoms with Crippen molar-refractivity contribution in [1.82, 2.24) is 9.47 Å². The minimum Gasteiger partial charge on any atom is -0.351 e. The second-order valence-corrected chi connectivity index (χ2v) is 6.69. The highest BCUT2D eigenvalue weighted by Gasteiger charge is 2.23. The van der Waals surface area contributed by atoms with Crippen LogP contribution in [0.4, 0.5) is 10.5 Å². The molecular weight excluding hydrogens is 322 g/mol. The fourth-order valence-electron chi connectivity index (χ4n) is 3.61. The lowest BCUT2D eigenvalue weighted by Gasteiger charge is -2.33. The van der Waals surface area contributed by atoms with Crippen LogP contribution in [0.15, 0.2) is 79.1 Å². The molecule has 1 fully saturated rings. The van der Waals surface area contributed by atoms with Gasteiger partial charge < -0.3 is 14.8 Å². The van der Waals surface area contributed by atoms with Crippen molar-refractivity contribution < 1.29 is 4.79 Å². The van der Waals surface area contributed by atoms with Crippen LogP contribution in [0, 0.1) is 0 Å². The largest absolute Gasteiger partial charge is 0.351 e. The van der Waals surface area contributed by atoms with Crippen molar-refractivity contribution >= 4 is 11.7 Å². The number of urea groups is 1. The molecule has 1 N–H and O–H groups in total. The number of rotatable bonds is 3. The zero-order valence-corrected chi connectivity index (χ0v) is 14.7. The number of anilines is 1. The van der Waals surface area contributed by atoms with Gasteiger partial charge in [-0.15, -0.1) is 0 Å².